The van der Waals surface area contributed by atoms with E-state index < -0.39 is 29.5 Å². The van der Waals surface area contributed by atoms with E-state index in [1.54, 1.807) is 0 Å². The lowest BCUT2D eigenvalue weighted by Gasteiger charge is -2.28. The molecule has 0 atom stereocenters. The van der Waals surface area contributed by atoms with Crippen molar-refractivity contribution in [3.05, 3.63) is 0 Å². The molecule has 0 bridgehead atoms. The van der Waals surface area contributed by atoms with Crippen molar-refractivity contribution in [2.24, 2.45) is 0 Å². The van der Waals surface area contributed by atoms with E-state index in [0.717, 1.165) is 0 Å². The van der Waals surface area contributed by atoms with Crippen LogP contribution in [0.5, 0.6) is 0 Å². The van der Waals surface area contributed by atoms with Crippen molar-refractivity contribution in [2.45, 2.75) is 43.3 Å². The first-order valence-corrected chi connectivity index (χ1v) is 5.03. The largest absolute Gasteiger partial charge is 0.480 e. The molecule has 0 spiro atoms. The van der Waals surface area contributed by atoms with Crippen LogP contribution in [0.4, 0.5) is 22.0 Å². The highest BCUT2D eigenvalue weighted by Crippen LogP contribution is 2.37. The van der Waals surface area contributed by atoms with Crippen LogP contribution >= 0.6 is 0 Å². The number of hydrogen-bond donors (Lipinski definition) is 2. The lowest BCUT2D eigenvalue weighted by molar-refractivity contribution is -0.270. The van der Waals surface area contributed by atoms with Gasteiger partial charge in [0, 0.05) is 0 Å². The Balaban J connectivity index is 2.90. The number of carboxylic acids is 1. The molecule has 1 rings (SSSR count). The Morgan fingerprint density at radius 2 is 1.50 bits per heavy atom. The molecule has 0 aromatic heterocycles. The quantitative estimate of drug-likeness (QED) is 0.770. The Morgan fingerprint density at radius 3 is 1.83 bits per heavy atom. The van der Waals surface area contributed by atoms with Gasteiger partial charge in [-0.2, -0.15) is 22.0 Å². The molecule has 104 valence electrons. The highest BCUT2D eigenvalue weighted by atomic mass is 19.4. The van der Waals surface area contributed by atoms with Gasteiger partial charge in [-0.1, -0.05) is 12.8 Å². The predicted molar refractivity (Wildman–Crippen MR) is 48.0 cm³/mol. The highest BCUT2D eigenvalue weighted by molar-refractivity contribution is 5.91. The first-order chi connectivity index (χ1) is 8.03. The van der Waals surface area contributed by atoms with Crippen LogP contribution in [-0.4, -0.2) is 34.6 Å². The van der Waals surface area contributed by atoms with Crippen LogP contribution in [-0.2, 0) is 9.59 Å². The van der Waals surface area contributed by atoms with Gasteiger partial charge in [0.2, 0.25) is 0 Å². The molecular formula is C9H10F5NO3. The molecule has 0 unspecified atom stereocenters. The standard InChI is InChI=1S/C9H10F5NO3/c10-8(11,9(12,13)14)5(16)15-7(6(17)18)3-1-2-4-7/h1-4H2,(H,15,16)(H,17,18). The zero-order valence-corrected chi connectivity index (χ0v) is 8.98. The molecule has 0 heterocycles. The maximum atomic E-state index is 12.7. The van der Waals surface area contributed by atoms with Gasteiger partial charge in [-0.25, -0.2) is 4.79 Å². The topological polar surface area (TPSA) is 66.4 Å². The van der Waals surface area contributed by atoms with E-state index in [1.807, 2.05) is 0 Å². The van der Waals surface area contributed by atoms with Gasteiger partial charge in [0.1, 0.15) is 5.54 Å². The van der Waals surface area contributed by atoms with Crippen LogP contribution in [0.2, 0.25) is 0 Å². The number of rotatable bonds is 3. The lowest BCUT2D eigenvalue weighted by Crippen LogP contribution is -2.60. The minimum absolute atomic E-state index is 0.165. The van der Waals surface area contributed by atoms with Crippen LogP contribution in [0, 0.1) is 0 Å². The number of nitrogens with one attached hydrogen (secondary N) is 1. The van der Waals surface area contributed by atoms with E-state index in [-0.39, 0.29) is 12.8 Å². The fourth-order valence-corrected chi connectivity index (χ4v) is 1.80. The average Bonchev–Trinajstić information content (AvgIpc) is 2.65. The van der Waals surface area contributed by atoms with E-state index in [2.05, 4.69) is 0 Å². The number of hydrogen-bond acceptors (Lipinski definition) is 2. The number of halogens is 5. The van der Waals surface area contributed by atoms with Crippen molar-refractivity contribution in [1.29, 1.82) is 0 Å². The fraction of sp³-hybridized carbons (Fsp3) is 0.778. The van der Waals surface area contributed by atoms with Gasteiger partial charge in [-0.3, -0.25) is 4.79 Å². The number of alkyl halides is 5. The van der Waals surface area contributed by atoms with Crippen LogP contribution in [0.25, 0.3) is 0 Å². The second-order valence-electron chi connectivity index (χ2n) is 4.12. The minimum Gasteiger partial charge on any atom is -0.480 e. The van der Waals surface area contributed by atoms with Gasteiger partial charge >= 0.3 is 24.0 Å². The Labute approximate surface area is 98.1 Å². The Morgan fingerprint density at radius 1 is 1.06 bits per heavy atom. The minimum atomic E-state index is -6.05. The Hall–Kier alpha value is -1.41. The van der Waals surface area contributed by atoms with Crippen molar-refractivity contribution in [2.75, 3.05) is 0 Å². The van der Waals surface area contributed by atoms with E-state index >= 15 is 0 Å². The SMILES string of the molecule is O=C(O)C1(NC(=O)C(F)(F)C(F)(F)F)CCCC1. The van der Waals surface area contributed by atoms with Gasteiger partial charge in [-0.05, 0) is 12.8 Å². The summed E-state index contributed by atoms with van der Waals surface area (Å²) in [6.07, 6.45) is -5.70. The Kier molecular flexibility index (Phi) is 3.55. The van der Waals surface area contributed by atoms with Crippen LogP contribution < -0.4 is 5.32 Å². The second-order valence-corrected chi connectivity index (χ2v) is 4.12. The molecule has 18 heavy (non-hydrogen) atoms. The third kappa shape index (κ3) is 2.39. The fourth-order valence-electron chi connectivity index (χ4n) is 1.80. The first kappa shape index (κ1) is 14.7. The molecule has 1 amide bonds. The second kappa shape index (κ2) is 4.36. The first-order valence-electron chi connectivity index (χ1n) is 5.03. The molecule has 1 aliphatic rings. The van der Waals surface area contributed by atoms with Gasteiger partial charge in [0.15, 0.2) is 0 Å². The van der Waals surface area contributed by atoms with Crippen molar-refractivity contribution < 1.29 is 36.6 Å². The van der Waals surface area contributed by atoms with Gasteiger partial charge in [0.05, 0.1) is 0 Å². The molecule has 0 radical (unpaired) electrons. The van der Waals surface area contributed by atoms with E-state index in [0.29, 0.717) is 12.8 Å². The molecule has 0 aromatic rings. The molecular weight excluding hydrogens is 265 g/mol. The van der Waals surface area contributed by atoms with E-state index in [9.17, 15) is 31.5 Å². The lowest BCUT2D eigenvalue weighted by atomic mass is 9.97. The zero-order valence-electron chi connectivity index (χ0n) is 8.98. The predicted octanol–water partition coefficient (Wildman–Crippen LogP) is 1.70. The number of carbonyl (C=O) groups excluding carboxylic acids is 1. The molecule has 0 saturated heterocycles. The number of carboxylic acid groups (broad SMARTS) is 1. The summed E-state index contributed by atoms with van der Waals surface area (Å²) in [7, 11) is 0. The maximum Gasteiger partial charge on any atom is 0.463 e. The van der Waals surface area contributed by atoms with Crippen molar-refractivity contribution in [3.8, 4) is 0 Å². The average molecular weight is 275 g/mol. The summed E-state index contributed by atoms with van der Waals surface area (Å²) in [4.78, 5) is 21.8. The van der Waals surface area contributed by atoms with Gasteiger partial charge in [-0.15, -0.1) is 0 Å². The number of aliphatic carboxylic acids is 1. The number of amides is 1. The third-order valence-corrected chi connectivity index (χ3v) is 2.86. The van der Waals surface area contributed by atoms with Gasteiger partial charge < -0.3 is 10.4 Å². The highest BCUT2D eigenvalue weighted by Gasteiger charge is 2.64. The van der Waals surface area contributed by atoms with Crippen molar-refractivity contribution in [3.63, 3.8) is 0 Å². The smallest absolute Gasteiger partial charge is 0.463 e. The maximum absolute atomic E-state index is 12.7. The van der Waals surface area contributed by atoms with Gasteiger partial charge in [0.25, 0.3) is 0 Å². The number of carbonyl (C=O) groups is 2. The summed E-state index contributed by atoms with van der Waals surface area (Å²) in [5.74, 6) is -9.83. The molecule has 9 heteroatoms. The monoisotopic (exact) mass is 275 g/mol. The molecule has 4 nitrogen and oxygen atoms in total. The summed E-state index contributed by atoms with van der Waals surface area (Å²) < 4.78 is 61.1. The zero-order chi connectivity index (χ0) is 14.2. The normalized spacial score (nSPS) is 19.6. The van der Waals surface area contributed by atoms with E-state index in [4.69, 9.17) is 5.11 Å². The summed E-state index contributed by atoms with van der Waals surface area (Å²) in [5.41, 5.74) is -2.02. The molecule has 0 aliphatic heterocycles. The summed E-state index contributed by atoms with van der Waals surface area (Å²) >= 11 is 0. The van der Waals surface area contributed by atoms with Crippen LogP contribution in [0.1, 0.15) is 25.7 Å². The summed E-state index contributed by atoms with van der Waals surface area (Å²) in [6.45, 7) is 0. The molecule has 1 saturated carbocycles. The summed E-state index contributed by atoms with van der Waals surface area (Å²) in [5, 5.41) is 10.2. The Bertz CT molecular complexity index is 360. The van der Waals surface area contributed by atoms with Crippen LogP contribution in [0.3, 0.4) is 0 Å². The molecule has 1 fully saturated rings. The van der Waals surface area contributed by atoms with E-state index in [1.165, 1.54) is 5.32 Å². The van der Waals surface area contributed by atoms with Crippen molar-refractivity contribution >= 4 is 11.9 Å². The molecule has 1 aliphatic carbocycles. The molecule has 0 aromatic carbocycles. The van der Waals surface area contributed by atoms with Crippen LogP contribution in [0.15, 0.2) is 0 Å². The third-order valence-electron chi connectivity index (χ3n) is 2.86. The summed E-state index contributed by atoms with van der Waals surface area (Å²) in [6, 6.07) is 0. The molecule has 2 N–H and O–H groups in total. The van der Waals surface area contributed by atoms with Crippen molar-refractivity contribution in [1.82, 2.24) is 5.32 Å².